The van der Waals surface area contributed by atoms with Crippen LogP contribution >= 0.6 is 11.3 Å². The molecule has 0 saturated heterocycles. The molecule has 8 heteroatoms. The standard InChI is InChI=1S/C14H13N7S/c1-2-20-9-10(7-18-20)11-8-17-13-12(15-3-5-21(11)13)19-14-16-4-6-22-14/h3-9H,2H2,1H3,(H,15,16,19). The number of hydrogen-bond acceptors (Lipinski definition) is 6. The number of hydrogen-bond donors (Lipinski definition) is 1. The lowest BCUT2D eigenvalue weighted by Gasteiger charge is -2.04. The third-order valence-electron chi connectivity index (χ3n) is 3.34. The first kappa shape index (κ1) is 13.0. The number of aryl methyl sites for hydroxylation is 1. The van der Waals surface area contributed by atoms with E-state index >= 15 is 0 Å². The predicted molar refractivity (Wildman–Crippen MR) is 85.3 cm³/mol. The molecular weight excluding hydrogens is 298 g/mol. The van der Waals surface area contributed by atoms with Gasteiger partial charge in [-0.1, -0.05) is 0 Å². The molecule has 0 unspecified atom stereocenters. The minimum Gasteiger partial charge on any atom is -0.313 e. The number of nitrogens with one attached hydrogen (secondary N) is 1. The van der Waals surface area contributed by atoms with E-state index in [1.807, 2.05) is 39.2 Å². The van der Waals surface area contributed by atoms with Crippen LogP contribution in [0.4, 0.5) is 10.9 Å². The van der Waals surface area contributed by atoms with Gasteiger partial charge in [0.1, 0.15) is 0 Å². The van der Waals surface area contributed by atoms with Crippen molar-refractivity contribution in [1.29, 1.82) is 0 Å². The molecule has 0 aliphatic rings. The maximum absolute atomic E-state index is 4.49. The van der Waals surface area contributed by atoms with Crippen LogP contribution in [0.15, 0.2) is 42.6 Å². The molecule has 110 valence electrons. The van der Waals surface area contributed by atoms with Crippen molar-refractivity contribution in [1.82, 2.24) is 29.1 Å². The molecule has 0 fully saturated rings. The Bertz CT molecular complexity index is 906. The van der Waals surface area contributed by atoms with E-state index in [1.165, 1.54) is 11.3 Å². The van der Waals surface area contributed by atoms with Crippen molar-refractivity contribution >= 4 is 27.9 Å². The molecule has 22 heavy (non-hydrogen) atoms. The third-order valence-corrected chi connectivity index (χ3v) is 4.03. The third kappa shape index (κ3) is 2.13. The molecule has 0 aromatic carbocycles. The van der Waals surface area contributed by atoms with Crippen molar-refractivity contribution in [3.63, 3.8) is 0 Å². The second-order valence-electron chi connectivity index (χ2n) is 4.66. The Balaban J connectivity index is 1.79. The molecule has 4 aromatic rings. The Morgan fingerprint density at radius 3 is 2.91 bits per heavy atom. The first-order valence-corrected chi connectivity index (χ1v) is 7.74. The fourth-order valence-corrected chi connectivity index (χ4v) is 2.80. The van der Waals surface area contributed by atoms with Gasteiger partial charge in [0.15, 0.2) is 16.6 Å². The number of thiazole rings is 1. The van der Waals surface area contributed by atoms with E-state index in [9.17, 15) is 0 Å². The summed E-state index contributed by atoms with van der Waals surface area (Å²) in [5.74, 6) is 0.687. The Morgan fingerprint density at radius 2 is 2.14 bits per heavy atom. The molecule has 1 N–H and O–H groups in total. The normalized spacial score (nSPS) is 11.1. The zero-order chi connectivity index (χ0) is 14.9. The topological polar surface area (TPSA) is 72.9 Å². The van der Waals surface area contributed by atoms with Crippen LogP contribution in [0.3, 0.4) is 0 Å². The summed E-state index contributed by atoms with van der Waals surface area (Å²) >= 11 is 1.52. The van der Waals surface area contributed by atoms with E-state index < -0.39 is 0 Å². The maximum Gasteiger partial charge on any atom is 0.188 e. The lowest BCUT2D eigenvalue weighted by Crippen LogP contribution is -1.98. The minimum absolute atomic E-state index is 0.687. The van der Waals surface area contributed by atoms with Gasteiger partial charge in [-0.15, -0.1) is 11.3 Å². The predicted octanol–water partition coefficient (Wildman–Crippen LogP) is 2.81. The molecule has 0 amide bonds. The Hall–Kier alpha value is -2.74. The molecule has 0 aliphatic heterocycles. The van der Waals surface area contributed by atoms with Gasteiger partial charge in [0.2, 0.25) is 0 Å². The van der Waals surface area contributed by atoms with Crippen molar-refractivity contribution < 1.29 is 0 Å². The number of aromatic nitrogens is 6. The summed E-state index contributed by atoms with van der Waals surface area (Å²) in [6, 6.07) is 0. The lowest BCUT2D eigenvalue weighted by molar-refractivity contribution is 0.660. The fraction of sp³-hybridized carbons (Fsp3) is 0.143. The van der Waals surface area contributed by atoms with E-state index in [4.69, 9.17) is 0 Å². The average Bonchev–Trinajstić information content (AvgIpc) is 3.27. The molecule has 7 nitrogen and oxygen atoms in total. The zero-order valence-electron chi connectivity index (χ0n) is 11.8. The molecule has 4 aromatic heterocycles. The summed E-state index contributed by atoms with van der Waals surface area (Å²) in [5.41, 5.74) is 2.77. The van der Waals surface area contributed by atoms with Crippen molar-refractivity contribution in [2.75, 3.05) is 5.32 Å². The molecule has 0 radical (unpaired) electrons. The van der Waals surface area contributed by atoms with Gasteiger partial charge in [0.25, 0.3) is 0 Å². The smallest absolute Gasteiger partial charge is 0.188 e. The van der Waals surface area contributed by atoms with Crippen LogP contribution in [0, 0.1) is 0 Å². The summed E-state index contributed by atoms with van der Waals surface area (Å²) in [5, 5.41) is 10.2. The molecule has 0 saturated carbocycles. The average molecular weight is 311 g/mol. The number of nitrogens with zero attached hydrogens (tertiary/aromatic N) is 6. The molecule has 0 spiro atoms. The van der Waals surface area contributed by atoms with Gasteiger partial charge >= 0.3 is 0 Å². The second-order valence-corrected chi connectivity index (χ2v) is 5.55. The first-order chi connectivity index (χ1) is 10.8. The van der Waals surface area contributed by atoms with Crippen LogP contribution in [0.1, 0.15) is 6.92 Å². The highest BCUT2D eigenvalue weighted by Crippen LogP contribution is 2.25. The summed E-state index contributed by atoms with van der Waals surface area (Å²) in [6.07, 6.45) is 11.1. The van der Waals surface area contributed by atoms with Gasteiger partial charge in [-0.3, -0.25) is 9.08 Å². The Labute approximate surface area is 130 Å². The SMILES string of the molecule is CCn1cc(-c2cnc3c(Nc4nccs4)nccn23)cn1. The monoisotopic (exact) mass is 311 g/mol. The quantitative estimate of drug-likeness (QED) is 0.627. The molecule has 4 rings (SSSR count). The highest BCUT2D eigenvalue weighted by molar-refractivity contribution is 7.13. The largest absolute Gasteiger partial charge is 0.313 e. The van der Waals surface area contributed by atoms with E-state index in [2.05, 4.69) is 32.3 Å². The number of fused-ring (bicyclic) bond motifs is 1. The van der Waals surface area contributed by atoms with Crippen LogP contribution in [-0.2, 0) is 6.54 Å². The summed E-state index contributed by atoms with van der Waals surface area (Å²) in [7, 11) is 0. The summed E-state index contributed by atoms with van der Waals surface area (Å²) in [4.78, 5) is 13.1. The Kier molecular flexibility index (Phi) is 3.08. The van der Waals surface area contributed by atoms with Crippen molar-refractivity contribution in [3.8, 4) is 11.3 Å². The van der Waals surface area contributed by atoms with Crippen molar-refractivity contribution in [3.05, 3.63) is 42.6 Å². The Morgan fingerprint density at radius 1 is 1.18 bits per heavy atom. The number of imidazole rings is 1. The van der Waals surface area contributed by atoms with E-state index in [0.717, 1.165) is 28.6 Å². The van der Waals surface area contributed by atoms with Crippen LogP contribution in [0.2, 0.25) is 0 Å². The minimum atomic E-state index is 0.687. The van der Waals surface area contributed by atoms with Gasteiger partial charge < -0.3 is 5.32 Å². The highest BCUT2D eigenvalue weighted by Gasteiger charge is 2.12. The molecule has 0 bridgehead atoms. The van der Waals surface area contributed by atoms with Crippen LogP contribution in [-0.4, -0.2) is 29.1 Å². The maximum atomic E-state index is 4.49. The van der Waals surface area contributed by atoms with Gasteiger partial charge in [-0.2, -0.15) is 5.10 Å². The summed E-state index contributed by atoms with van der Waals surface area (Å²) < 4.78 is 3.89. The number of anilines is 2. The van der Waals surface area contributed by atoms with Gasteiger partial charge in [0, 0.05) is 42.3 Å². The van der Waals surface area contributed by atoms with Gasteiger partial charge in [-0.05, 0) is 6.92 Å². The van der Waals surface area contributed by atoms with E-state index in [1.54, 1.807) is 12.4 Å². The van der Waals surface area contributed by atoms with Gasteiger partial charge in [-0.25, -0.2) is 15.0 Å². The summed E-state index contributed by atoms with van der Waals surface area (Å²) in [6.45, 7) is 2.90. The zero-order valence-corrected chi connectivity index (χ0v) is 12.7. The van der Waals surface area contributed by atoms with Crippen molar-refractivity contribution in [2.24, 2.45) is 0 Å². The molecule has 0 aliphatic carbocycles. The van der Waals surface area contributed by atoms with Crippen LogP contribution < -0.4 is 5.32 Å². The van der Waals surface area contributed by atoms with Crippen molar-refractivity contribution in [2.45, 2.75) is 13.5 Å². The van der Waals surface area contributed by atoms with Gasteiger partial charge in [0.05, 0.1) is 18.1 Å². The van der Waals surface area contributed by atoms with E-state index in [-0.39, 0.29) is 0 Å². The second kappa shape index (κ2) is 5.23. The van der Waals surface area contributed by atoms with E-state index in [0.29, 0.717) is 5.82 Å². The highest BCUT2D eigenvalue weighted by atomic mass is 32.1. The lowest BCUT2D eigenvalue weighted by atomic mass is 10.3. The fourth-order valence-electron chi connectivity index (χ4n) is 2.28. The first-order valence-electron chi connectivity index (χ1n) is 6.86. The molecule has 4 heterocycles. The van der Waals surface area contributed by atoms with Crippen LogP contribution in [0.5, 0.6) is 0 Å². The number of rotatable bonds is 4. The molecule has 0 atom stereocenters. The molecular formula is C14H13N7S. The van der Waals surface area contributed by atoms with Crippen LogP contribution in [0.25, 0.3) is 16.9 Å².